The van der Waals surface area contributed by atoms with Crippen LogP contribution in [0.3, 0.4) is 0 Å². The summed E-state index contributed by atoms with van der Waals surface area (Å²) in [5.41, 5.74) is 0. The van der Waals surface area contributed by atoms with Gasteiger partial charge in [-0.2, -0.15) is 0 Å². The zero-order chi connectivity index (χ0) is 11.3. The summed E-state index contributed by atoms with van der Waals surface area (Å²) in [6, 6.07) is 0. The van der Waals surface area contributed by atoms with Crippen LogP contribution in [0.2, 0.25) is 0 Å². The summed E-state index contributed by atoms with van der Waals surface area (Å²) in [5.74, 6) is 0. The molecule has 14 heteroatoms. The van der Waals surface area contributed by atoms with Crippen LogP contribution in [0.1, 0.15) is 0 Å². The van der Waals surface area contributed by atoms with Gasteiger partial charge in [0.25, 0.3) is 0 Å². The molecule has 15 heavy (non-hydrogen) atoms. The summed E-state index contributed by atoms with van der Waals surface area (Å²) in [6.07, 6.45) is -1.83. The van der Waals surface area contributed by atoms with E-state index < -0.39 is 33.4 Å². The zero-order valence-corrected chi connectivity index (χ0v) is 14.0. The number of carbonyl (C=O) groups is 1. The van der Waals surface area contributed by atoms with Crippen LogP contribution in [0.4, 0.5) is 4.79 Å². The molecule has 2 N–H and O–H groups in total. The quantitative estimate of drug-likeness (QED) is 0.463. The summed E-state index contributed by atoms with van der Waals surface area (Å²) < 4.78 is 58.9. The number of hydrogen-bond acceptors (Lipinski definition) is 8. The molecule has 0 amide bonds. The van der Waals surface area contributed by atoms with Crippen LogP contribution in [-0.4, -0.2) is 16.4 Å². The Kier molecular flexibility index (Phi) is 17.8. The van der Waals surface area contributed by atoms with Crippen LogP contribution in [0, 0.1) is 0 Å². The fourth-order valence-electron chi connectivity index (χ4n) is 0.102. The zero-order valence-electron chi connectivity index (χ0n) is 7.48. The van der Waals surface area contributed by atoms with Gasteiger partial charge in [-0.3, -0.25) is 0 Å². The average molecular weight is 324 g/mol. The predicted molar refractivity (Wildman–Crippen MR) is 14.5 cm³/mol. The van der Waals surface area contributed by atoms with Crippen molar-refractivity contribution in [3.05, 3.63) is 0 Å². The first-order valence-electron chi connectivity index (χ1n) is 1.98. The van der Waals surface area contributed by atoms with Gasteiger partial charge >= 0.3 is 119 Å². The van der Waals surface area contributed by atoms with Crippen molar-refractivity contribution < 1.29 is 128 Å². The van der Waals surface area contributed by atoms with Gasteiger partial charge in [-0.25, -0.2) is 4.79 Å². The minimum atomic E-state index is -6.07. The van der Waals surface area contributed by atoms with Crippen molar-refractivity contribution in [2.75, 3.05) is 0 Å². The van der Waals surface area contributed by atoms with E-state index >= 15 is 0 Å². The molecule has 0 rings (SSSR count). The third-order valence-electron chi connectivity index (χ3n) is 0.167. The average Bonchev–Trinajstić information content (AvgIpc) is 1.47. The van der Waals surface area contributed by atoms with Gasteiger partial charge in [0, 0.05) is 0 Å². The molecule has 0 radical (unpaired) electrons. The second-order valence-electron chi connectivity index (χ2n) is 1.17. The summed E-state index contributed by atoms with van der Waals surface area (Å²) in [5, 5.41) is 13.9. The molecule has 10 nitrogen and oxygen atoms in total. The Labute approximate surface area is 132 Å². The van der Waals surface area contributed by atoms with E-state index in [1.165, 1.54) is 0 Å². The molecule has 0 aliphatic rings. The van der Waals surface area contributed by atoms with Crippen LogP contribution in [0.15, 0.2) is 0 Å². The molecule has 0 heterocycles. The Balaban J connectivity index is -0.0000000883. The van der Waals surface area contributed by atoms with Gasteiger partial charge in [0.05, 0.1) is 0 Å². The molecule has 0 bridgehead atoms. The van der Waals surface area contributed by atoms with Crippen LogP contribution in [0.25, 0.3) is 0 Å². The molecule has 80 valence electrons. The van der Waals surface area contributed by atoms with Crippen LogP contribution in [0.5, 0.6) is 0 Å². The summed E-state index contributed by atoms with van der Waals surface area (Å²) >= 11 is -12.1. The van der Waals surface area contributed by atoms with E-state index in [2.05, 4.69) is 2.84 Å². The fourth-order valence-corrected chi connectivity index (χ4v) is 1.74. The van der Waals surface area contributed by atoms with Crippen molar-refractivity contribution in [2.24, 2.45) is 0 Å². The Hall–Kier alpha value is 1.41. The molecule has 0 aromatic carbocycles. The number of rotatable bonds is 2. The van der Waals surface area contributed by atoms with Crippen molar-refractivity contribution in [1.82, 2.24) is 0 Å². The van der Waals surface area contributed by atoms with E-state index in [1.807, 2.05) is 0 Å². The van der Waals surface area contributed by atoms with Crippen molar-refractivity contribution in [2.45, 2.75) is 0 Å². The molecule has 0 saturated heterocycles. The monoisotopic (exact) mass is 324 g/mol. The first kappa shape index (κ1) is 25.3. The standard InChI is InChI=1S/CH2O3.2Cr.2Na.7O/c2-1(3)4;;;;;;;;;;;/h(H2,2,3,4);;;;;;;;;;;/q;;;2*+1;;;;;;2*-1. The molecule has 0 aromatic heterocycles. The molecule has 0 aliphatic heterocycles. The van der Waals surface area contributed by atoms with Crippen molar-refractivity contribution >= 4 is 6.16 Å². The molecular weight excluding hydrogens is 322 g/mol. The molecule has 0 saturated carbocycles. The third kappa shape index (κ3) is 50.5. The Morgan fingerprint density at radius 2 is 1.07 bits per heavy atom. The SMILES string of the molecule is O=C(O)O.[Na+].[Na+].[O]=[Cr](=[O])([O-])[O][Cr](=[O])(=[O])[O-]. The normalized spacial score (nSPS) is 9.73. The Morgan fingerprint density at radius 1 is 0.933 bits per heavy atom. The van der Waals surface area contributed by atoms with Gasteiger partial charge in [-0.15, -0.1) is 0 Å². The number of carboxylic acid groups (broad SMARTS) is 2. The van der Waals surface area contributed by atoms with Gasteiger partial charge < -0.3 is 10.2 Å². The second-order valence-corrected chi connectivity index (χ2v) is 4.81. The maximum atomic E-state index is 9.38. The van der Waals surface area contributed by atoms with E-state index in [0.29, 0.717) is 0 Å². The van der Waals surface area contributed by atoms with E-state index in [9.17, 15) is 23.5 Å². The predicted octanol–water partition coefficient (Wildman–Crippen LogP) is -8.70. The topological polar surface area (TPSA) is 181 Å². The molecule has 0 unspecified atom stereocenters. The van der Waals surface area contributed by atoms with E-state index in [4.69, 9.17) is 15.0 Å². The van der Waals surface area contributed by atoms with Gasteiger partial charge in [0.1, 0.15) is 0 Å². The first-order chi connectivity index (χ1) is 5.44. The van der Waals surface area contributed by atoms with Gasteiger partial charge in [-0.05, 0) is 0 Å². The van der Waals surface area contributed by atoms with Crippen molar-refractivity contribution in [1.29, 1.82) is 0 Å². The summed E-state index contributed by atoms with van der Waals surface area (Å²) in [7, 11) is 0. The first-order valence-corrected chi connectivity index (χ1v) is 6.15. The van der Waals surface area contributed by atoms with Gasteiger partial charge in [0.2, 0.25) is 0 Å². The Morgan fingerprint density at radius 3 is 1.07 bits per heavy atom. The molecular formula is CH2Cr2Na2O10. The van der Waals surface area contributed by atoms with E-state index in [1.54, 1.807) is 0 Å². The minimum absolute atomic E-state index is 0. The maximum absolute atomic E-state index is 9.38. The molecule has 0 fully saturated rings. The van der Waals surface area contributed by atoms with Crippen molar-refractivity contribution in [3.63, 3.8) is 0 Å². The van der Waals surface area contributed by atoms with E-state index in [-0.39, 0.29) is 59.1 Å². The van der Waals surface area contributed by atoms with Crippen LogP contribution in [-0.2, 0) is 45.3 Å². The molecule has 0 spiro atoms. The summed E-state index contributed by atoms with van der Waals surface area (Å²) in [4.78, 5) is 8.56. The van der Waals surface area contributed by atoms with Gasteiger partial charge in [0.15, 0.2) is 0 Å². The molecule has 0 aliphatic carbocycles. The van der Waals surface area contributed by atoms with Crippen LogP contribution < -0.4 is 67.4 Å². The second kappa shape index (κ2) is 10.6. The van der Waals surface area contributed by atoms with E-state index in [0.717, 1.165) is 0 Å². The molecule has 0 atom stereocenters. The number of hydrogen-bond donors (Lipinski definition) is 2. The molecule has 0 aromatic rings. The fraction of sp³-hybridized carbons (Fsp3) is 0. The van der Waals surface area contributed by atoms with Gasteiger partial charge in [-0.1, -0.05) is 0 Å². The summed E-state index contributed by atoms with van der Waals surface area (Å²) in [6.45, 7) is 0. The van der Waals surface area contributed by atoms with Crippen LogP contribution >= 0.6 is 0 Å². The van der Waals surface area contributed by atoms with Crippen molar-refractivity contribution in [3.8, 4) is 0 Å². The Bertz CT molecular complexity index is 317. The third-order valence-corrected chi connectivity index (χ3v) is 2.83.